The standard InChI is InChI=1S/C11H18N2O/c1-2-3-4-5-6-14-11-7-10(12)8-13-9-11/h7-9H,2-6,12H2,1H3. The Kier molecular flexibility index (Phi) is 4.83. The molecule has 3 heteroatoms. The lowest BCUT2D eigenvalue weighted by atomic mass is 10.2. The van der Waals surface area contributed by atoms with Crippen molar-refractivity contribution in [1.29, 1.82) is 0 Å². The smallest absolute Gasteiger partial charge is 0.139 e. The first-order valence-corrected chi connectivity index (χ1v) is 5.16. The number of hydrogen-bond acceptors (Lipinski definition) is 3. The highest BCUT2D eigenvalue weighted by Gasteiger charge is 1.94. The monoisotopic (exact) mass is 194 g/mol. The minimum atomic E-state index is 0.649. The highest BCUT2D eigenvalue weighted by atomic mass is 16.5. The summed E-state index contributed by atoms with van der Waals surface area (Å²) in [7, 11) is 0. The van der Waals surface area contributed by atoms with Crippen molar-refractivity contribution in [2.24, 2.45) is 0 Å². The number of unbranched alkanes of at least 4 members (excludes halogenated alkanes) is 3. The highest BCUT2D eigenvalue weighted by Crippen LogP contribution is 2.12. The number of hydrogen-bond donors (Lipinski definition) is 1. The van der Waals surface area contributed by atoms with Gasteiger partial charge in [0.2, 0.25) is 0 Å². The fourth-order valence-corrected chi connectivity index (χ4v) is 1.23. The fraction of sp³-hybridized carbons (Fsp3) is 0.545. The first-order valence-electron chi connectivity index (χ1n) is 5.16. The lowest BCUT2D eigenvalue weighted by molar-refractivity contribution is 0.304. The van der Waals surface area contributed by atoms with Crippen molar-refractivity contribution in [3.8, 4) is 5.75 Å². The Labute approximate surface area is 85.3 Å². The number of ether oxygens (including phenoxy) is 1. The van der Waals surface area contributed by atoms with Gasteiger partial charge in [0.05, 0.1) is 24.7 Å². The van der Waals surface area contributed by atoms with Gasteiger partial charge in [-0.05, 0) is 6.42 Å². The molecule has 0 aromatic carbocycles. The van der Waals surface area contributed by atoms with E-state index >= 15 is 0 Å². The van der Waals surface area contributed by atoms with Crippen LogP contribution in [0.3, 0.4) is 0 Å². The van der Waals surface area contributed by atoms with Crippen molar-refractivity contribution >= 4 is 5.69 Å². The molecule has 0 unspecified atom stereocenters. The molecule has 0 aliphatic rings. The van der Waals surface area contributed by atoms with Crippen LogP contribution in [-0.4, -0.2) is 11.6 Å². The van der Waals surface area contributed by atoms with Crippen LogP contribution in [0.4, 0.5) is 5.69 Å². The molecule has 0 saturated carbocycles. The molecule has 0 aliphatic carbocycles. The summed E-state index contributed by atoms with van der Waals surface area (Å²) >= 11 is 0. The number of nitrogens with two attached hydrogens (primary N) is 1. The maximum atomic E-state index is 5.57. The molecular weight excluding hydrogens is 176 g/mol. The minimum absolute atomic E-state index is 0.649. The molecule has 0 atom stereocenters. The van der Waals surface area contributed by atoms with Gasteiger partial charge in [-0.25, -0.2) is 0 Å². The molecule has 1 rings (SSSR count). The van der Waals surface area contributed by atoms with Crippen molar-refractivity contribution in [3.05, 3.63) is 18.5 Å². The fourth-order valence-electron chi connectivity index (χ4n) is 1.23. The Morgan fingerprint density at radius 3 is 2.86 bits per heavy atom. The predicted molar refractivity (Wildman–Crippen MR) is 58.3 cm³/mol. The van der Waals surface area contributed by atoms with Gasteiger partial charge in [0, 0.05) is 6.07 Å². The summed E-state index contributed by atoms with van der Waals surface area (Å²) in [6.07, 6.45) is 8.16. The van der Waals surface area contributed by atoms with Gasteiger partial charge in [-0.1, -0.05) is 26.2 Å². The van der Waals surface area contributed by atoms with Crippen LogP contribution >= 0.6 is 0 Å². The number of rotatable bonds is 6. The number of nitrogens with zero attached hydrogens (tertiary/aromatic N) is 1. The van der Waals surface area contributed by atoms with Crippen molar-refractivity contribution < 1.29 is 4.74 Å². The van der Waals surface area contributed by atoms with Crippen LogP contribution in [0.5, 0.6) is 5.75 Å². The van der Waals surface area contributed by atoms with E-state index in [0.717, 1.165) is 18.8 Å². The third kappa shape index (κ3) is 4.12. The second kappa shape index (κ2) is 6.24. The van der Waals surface area contributed by atoms with Crippen LogP contribution in [-0.2, 0) is 0 Å². The van der Waals surface area contributed by atoms with Crippen LogP contribution in [0, 0.1) is 0 Å². The molecule has 0 spiro atoms. The first-order chi connectivity index (χ1) is 6.83. The quantitative estimate of drug-likeness (QED) is 0.708. The number of nitrogen functional groups attached to an aromatic ring is 1. The molecule has 0 fully saturated rings. The summed E-state index contributed by atoms with van der Waals surface area (Å²) in [5.74, 6) is 0.765. The van der Waals surface area contributed by atoms with Gasteiger partial charge in [0.25, 0.3) is 0 Å². The first kappa shape index (κ1) is 10.8. The Bertz CT molecular complexity index is 263. The Hall–Kier alpha value is -1.25. The predicted octanol–water partition coefficient (Wildman–Crippen LogP) is 2.62. The average molecular weight is 194 g/mol. The van der Waals surface area contributed by atoms with Crippen LogP contribution in [0.15, 0.2) is 18.5 Å². The van der Waals surface area contributed by atoms with Gasteiger partial charge < -0.3 is 10.5 Å². The maximum Gasteiger partial charge on any atom is 0.139 e. The Balaban J connectivity index is 2.18. The Morgan fingerprint density at radius 1 is 1.29 bits per heavy atom. The van der Waals surface area contributed by atoms with Gasteiger partial charge in [-0.2, -0.15) is 0 Å². The molecule has 3 nitrogen and oxygen atoms in total. The van der Waals surface area contributed by atoms with Gasteiger partial charge in [-0.15, -0.1) is 0 Å². The topological polar surface area (TPSA) is 48.1 Å². The van der Waals surface area contributed by atoms with E-state index in [1.54, 1.807) is 18.5 Å². The van der Waals surface area contributed by atoms with Crippen LogP contribution in [0.2, 0.25) is 0 Å². The lowest BCUT2D eigenvalue weighted by Crippen LogP contribution is -1.98. The van der Waals surface area contributed by atoms with Gasteiger partial charge in [0.15, 0.2) is 0 Å². The van der Waals surface area contributed by atoms with Gasteiger partial charge >= 0.3 is 0 Å². The summed E-state index contributed by atoms with van der Waals surface area (Å²) in [6, 6.07) is 1.80. The normalized spacial score (nSPS) is 10.1. The second-order valence-electron chi connectivity index (χ2n) is 3.36. The number of anilines is 1. The Morgan fingerprint density at radius 2 is 2.14 bits per heavy atom. The second-order valence-corrected chi connectivity index (χ2v) is 3.36. The van der Waals surface area contributed by atoms with Crippen LogP contribution in [0.25, 0.3) is 0 Å². The summed E-state index contributed by atoms with van der Waals surface area (Å²) in [5, 5.41) is 0. The lowest BCUT2D eigenvalue weighted by Gasteiger charge is -2.05. The summed E-state index contributed by atoms with van der Waals surface area (Å²) in [4.78, 5) is 3.95. The SMILES string of the molecule is CCCCCCOc1cncc(N)c1. The molecular formula is C11H18N2O. The average Bonchev–Trinajstić information content (AvgIpc) is 2.18. The van der Waals surface area contributed by atoms with E-state index in [1.165, 1.54) is 19.3 Å². The van der Waals surface area contributed by atoms with Crippen LogP contribution in [0.1, 0.15) is 32.6 Å². The molecule has 14 heavy (non-hydrogen) atoms. The summed E-state index contributed by atoms with van der Waals surface area (Å²) in [6.45, 7) is 2.95. The molecule has 0 amide bonds. The van der Waals surface area contributed by atoms with Gasteiger partial charge in [0.1, 0.15) is 5.75 Å². The third-order valence-electron chi connectivity index (χ3n) is 2.00. The van der Waals surface area contributed by atoms with Crippen molar-refractivity contribution in [1.82, 2.24) is 4.98 Å². The number of aromatic nitrogens is 1. The summed E-state index contributed by atoms with van der Waals surface area (Å²) in [5.41, 5.74) is 6.22. The van der Waals surface area contributed by atoms with E-state index in [9.17, 15) is 0 Å². The molecule has 0 radical (unpaired) electrons. The van der Waals surface area contributed by atoms with E-state index in [4.69, 9.17) is 10.5 Å². The molecule has 0 saturated heterocycles. The van der Waals surface area contributed by atoms with E-state index < -0.39 is 0 Å². The number of pyridine rings is 1. The molecule has 2 N–H and O–H groups in total. The van der Waals surface area contributed by atoms with Crippen molar-refractivity contribution in [3.63, 3.8) is 0 Å². The van der Waals surface area contributed by atoms with E-state index in [1.807, 2.05) is 0 Å². The zero-order valence-corrected chi connectivity index (χ0v) is 8.70. The molecule has 1 heterocycles. The highest BCUT2D eigenvalue weighted by molar-refractivity contribution is 5.39. The zero-order valence-electron chi connectivity index (χ0n) is 8.70. The van der Waals surface area contributed by atoms with E-state index in [0.29, 0.717) is 5.69 Å². The largest absolute Gasteiger partial charge is 0.492 e. The molecule has 0 aliphatic heterocycles. The maximum absolute atomic E-state index is 5.57. The summed E-state index contributed by atoms with van der Waals surface area (Å²) < 4.78 is 5.49. The van der Waals surface area contributed by atoms with E-state index in [2.05, 4.69) is 11.9 Å². The third-order valence-corrected chi connectivity index (χ3v) is 2.00. The molecule has 1 aromatic rings. The van der Waals surface area contributed by atoms with Crippen LogP contribution < -0.4 is 10.5 Å². The molecule has 1 aromatic heterocycles. The molecule has 0 bridgehead atoms. The van der Waals surface area contributed by atoms with E-state index in [-0.39, 0.29) is 0 Å². The van der Waals surface area contributed by atoms with Crippen molar-refractivity contribution in [2.45, 2.75) is 32.6 Å². The minimum Gasteiger partial charge on any atom is -0.492 e. The van der Waals surface area contributed by atoms with Gasteiger partial charge in [-0.3, -0.25) is 4.98 Å². The zero-order chi connectivity index (χ0) is 10.2. The van der Waals surface area contributed by atoms with Crippen molar-refractivity contribution in [2.75, 3.05) is 12.3 Å². The molecule has 78 valence electrons.